The minimum absolute atomic E-state index is 0.0294. The van der Waals surface area contributed by atoms with Crippen molar-refractivity contribution < 1.29 is 14.9 Å². The van der Waals surface area contributed by atoms with Crippen LogP contribution in [0.2, 0.25) is 5.02 Å². The number of aromatic nitrogens is 3. The number of β-amino-alcohol motifs (C(OH)–C–C–N with tert-alkyl or cyclic N) is 1. The number of benzene rings is 1. The van der Waals surface area contributed by atoms with E-state index in [9.17, 15) is 10.2 Å². The average molecular weight is 483 g/mol. The second kappa shape index (κ2) is 8.90. The van der Waals surface area contributed by atoms with E-state index in [2.05, 4.69) is 25.6 Å². The molecule has 0 bridgehead atoms. The fraction of sp³-hybridized carbons (Fsp3) is 0.375. The molecule has 1 aromatic carbocycles. The van der Waals surface area contributed by atoms with E-state index >= 15 is 0 Å². The zero-order valence-corrected chi connectivity index (χ0v) is 19.8. The predicted octanol–water partition coefficient (Wildman–Crippen LogP) is 3.19. The summed E-state index contributed by atoms with van der Waals surface area (Å²) in [4.78, 5) is 15.6. The highest BCUT2D eigenvalue weighted by Crippen LogP contribution is 2.39. The molecule has 178 valence electrons. The Hall–Kier alpha value is -3.14. The summed E-state index contributed by atoms with van der Waals surface area (Å²) < 4.78 is 5.59. The van der Waals surface area contributed by atoms with Gasteiger partial charge in [-0.1, -0.05) is 18.5 Å². The number of aliphatic hydroxyl groups is 2. The van der Waals surface area contributed by atoms with Crippen LogP contribution < -0.4 is 20.3 Å². The Labute approximate surface area is 202 Å². The third-order valence-corrected chi connectivity index (χ3v) is 6.81. The van der Waals surface area contributed by atoms with Crippen LogP contribution in [0.15, 0.2) is 36.7 Å². The Bertz CT molecular complexity index is 1230. The number of aliphatic hydroxyl groups excluding tert-OH is 2. The molecule has 0 radical (unpaired) electrons. The molecule has 10 heteroatoms. The van der Waals surface area contributed by atoms with Gasteiger partial charge in [0.15, 0.2) is 0 Å². The molecule has 0 amide bonds. The molecule has 2 aliphatic heterocycles. The summed E-state index contributed by atoms with van der Waals surface area (Å²) in [6, 6.07) is 7.48. The van der Waals surface area contributed by atoms with Gasteiger partial charge in [-0.25, -0.2) is 15.0 Å². The number of anilines is 4. The molecule has 9 nitrogen and oxygen atoms in total. The molecule has 4 N–H and O–H groups in total. The molecule has 1 saturated heterocycles. The van der Waals surface area contributed by atoms with Crippen molar-refractivity contribution in [2.24, 2.45) is 0 Å². The standard InChI is InChI=1S/C24H27ClN6O3/c1-24(13-32)12-28-22-16(24)7-14(10-27-22)18-3-5-26-23(29-18)30-19-8-17(25)20(9-21(19)34-2)31-6-4-15(33)11-31/h3,5,7-10,15,32-33H,4,6,11-13H2,1-2H3,(H,27,28)(H,26,29,30). The number of rotatable bonds is 6. The number of halogens is 1. The minimum atomic E-state index is -0.385. The number of nitrogens with zero attached hydrogens (tertiary/aromatic N) is 4. The molecular weight excluding hydrogens is 456 g/mol. The van der Waals surface area contributed by atoms with E-state index in [0.29, 0.717) is 47.6 Å². The van der Waals surface area contributed by atoms with Gasteiger partial charge in [-0.15, -0.1) is 0 Å². The third kappa shape index (κ3) is 4.11. The van der Waals surface area contributed by atoms with Crippen LogP contribution in [-0.2, 0) is 5.41 Å². The van der Waals surface area contributed by atoms with E-state index in [1.54, 1.807) is 25.6 Å². The number of nitrogens with one attached hydrogen (secondary N) is 2. The maximum atomic E-state index is 9.88. The molecule has 34 heavy (non-hydrogen) atoms. The van der Waals surface area contributed by atoms with Crippen LogP contribution in [0.25, 0.3) is 11.3 Å². The van der Waals surface area contributed by atoms with Crippen LogP contribution in [-0.4, -0.2) is 64.6 Å². The van der Waals surface area contributed by atoms with Gasteiger partial charge in [0.05, 0.1) is 41.9 Å². The molecule has 0 spiro atoms. The average Bonchev–Trinajstić information content (AvgIpc) is 3.43. The molecule has 2 atom stereocenters. The number of pyridine rings is 1. The molecule has 0 saturated carbocycles. The highest BCUT2D eigenvalue weighted by molar-refractivity contribution is 6.33. The monoisotopic (exact) mass is 482 g/mol. The Balaban J connectivity index is 1.43. The lowest BCUT2D eigenvalue weighted by Crippen LogP contribution is -2.28. The van der Waals surface area contributed by atoms with Gasteiger partial charge in [-0.3, -0.25) is 0 Å². The second-order valence-corrected chi connectivity index (χ2v) is 9.38. The normalized spacial score (nSPS) is 21.3. The SMILES string of the molecule is COc1cc(N2CCC(O)C2)c(Cl)cc1Nc1nccc(-c2cnc3c(c2)C(C)(CO)CN3)n1. The lowest BCUT2D eigenvalue weighted by atomic mass is 9.85. The molecule has 2 aliphatic rings. The van der Waals surface area contributed by atoms with E-state index < -0.39 is 0 Å². The summed E-state index contributed by atoms with van der Waals surface area (Å²) in [5.74, 6) is 1.77. The van der Waals surface area contributed by atoms with Gasteiger partial charge in [-0.2, -0.15) is 0 Å². The number of methoxy groups -OCH3 is 1. The highest BCUT2D eigenvalue weighted by atomic mass is 35.5. The Morgan fingerprint density at radius 3 is 2.91 bits per heavy atom. The van der Waals surface area contributed by atoms with E-state index in [4.69, 9.17) is 16.3 Å². The first-order valence-electron chi connectivity index (χ1n) is 11.2. The predicted molar refractivity (Wildman–Crippen MR) is 132 cm³/mol. The molecule has 2 unspecified atom stereocenters. The molecule has 4 heterocycles. The van der Waals surface area contributed by atoms with Gasteiger partial charge >= 0.3 is 0 Å². The third-order valence-electron chi connectivity index (χ3n) is 6.50. The Kier molecular flexibility index (Phi) is 5.93. The summed E-state index contributed by atoms with van der Waals surface area (Å²) in [6.45, 7) is 3.95. The quantitative estimate of drug-likeness (QED) is 0.420. The number of fused-ring (bicyclic) bond motifs is 1. The van der Waals surface area contributed by atoms with E-state index in [1.165, 1.54) is 0 Å². The molecule has 3 aromatic rings. The van der Waals surface area contributed by atoms with Crippen LogP contribution >= 0.6 is 11.6 Å². The molecule has 0 aliphatic carbocycles. The van der Waals surface area contributed by atoms with Crippen molar-refractivity contribution in [3.63, 3.8) is 0 Å². The summed E-state index contributed by atoms with van der Waals surface area (Å²) in [5, 5.41) is 26.8. The molecule has 5 rings (SSSR count). The summed E-state index contributed by atoms with van der Waals surface area (Å²) in [6.07, 6.45) is 3.80. The zero-order valence-electron chi connectivity index (χ0n) is 19.0. The Morgan fingerprint density at radius 1 is 1.32 bits per heavy atom. The van der Waals surface area contributed by atoms with Gasteiger partial charge < -0.3 is 30.5 Å². The zero-order chi connectivity index (χ0) is 23.9. The van der Waals surface area contributed by atoms with Crippen molar-refractivity contribution in [2.75, 3.05) is 48.9 Å². The summed E-state index contributed by atoms with van der Waals surface area (Å²) in [5.41, 5.74) is 3.58. The van der Waals surface area contributed by atoms with Crippen molar-refractivity contribution in [2.45, 2.75) is 24.9 Å². The van der Waals surface area contributed by atoms with Gasteiger partial charge in [0.2, 0.25) is 5.95 Å². The second-order valence-electron chi connectivity index (χ2n) is 8.98. The fourth-order valence-electron chi connectivity index (χ4n) is 4.43. The maximum absolute atomic E-state index is 9.88. The topological polar surface area (TPSA) is 116 Å². The maximum Gasteiger partial charge on any atom is 0.227 e. The highest BCUT2D eigenvalue weighted by Gasteiger charge is 2.35. The summed E-state index contributed by atoms with van der Waals surface area (Å²) in [7, 11) is 1.59. The van der Waals surface area contributed by atoms with Gasteiger partial charge in [0.25, 0.3) is 0 Å². The first kappa shape index (κ1) is 22.6. The number of hydrogen-bond acceptors (Lipinski definition) is 9. The first-order chi connectivity index (χ1) is 16.4. The largest absolute Gasteiger partial charge is 0.494 e. The van der Waals surface area contributed by atoms with Crippen LogP contribution in [0.4, 0.5) is 23.1 Å². The molecule has 1 fully saturated rings. The number of hydrogen-bond donors (Lipinski definition) is 4. The molecular formula is C24H27ClN6O3. The van der Waals surface area contributed by atoms with Crippen LogP contribution in [0.5, 0.6) is 5.75 Å². The van der Waals surface area contributed by atoms with Crippen LogP contribution in [0.1, 0.15) is 18.9 Å². The minimum Gasteiger partial charge on any atom is -0.494 e. The summed E-state index contributed by atoms with van der Waals surface area (Å²) >= 11 is 6.58. The molecule has 2 aromatic heterocycles. The van der Waals surface area contributed by atoms with E-state index in [1.807, 2.05) is 30.0 Å². The fourth-order valence-corrected chi connectivity index (χ4v) is 4.72. The van der Waals surface area contributed by atoms with Crippen LogP contribution in [0.3, 0.4) is 0 Å². The van der Waals surface area contributed by atoms with Gasteiger partial charge in [0, 0.05) is 54.6 Å². The van der Waals surface area contributed by atoms with Crippen molar-refractivity contribution in [1.29, 1.82) is 0 Å². The smallest absolute Gasteiger partial charge is 0.227 e. The van der Waals surface area contributed by atoms with Crippen molar-refractivity contribution in [3.8, 4) is 17.0 Å². The Morgan fingerprint density at radius 2 is 2.18 bits per heavy atom. The van der Waals surface area contributed by atoms with Gasteiger partial charge in [-0.05, 0) is 24.6 Å². The van der Waals surface area contributed by atoms with E-state index in [-0.39, 0.29) is 18.1 Å². The lowest BCUT2D eigenvalue weighted by Gasteiger charge is -2.22. The lowest BCUT2D eigenvalue weighted by molar-refractivity contribution is 0.198. The van der Waals surface area contributed by atoms with Gasteiger partial charge in [0.1, 0.15) is 11.6 Å². The van der Waals surface area contributed by atoms with Crippen LogP contribution in [0, 0.1) is 0 Å². The van der Waals surface area contributed by atoms with Crippen molar-refractivity contribution >= 4 is 34.7 Å². The van der Waals surface area contributed by atoms with Crippen molar-refractivity contribution in [3.05, 3.63) is 47.2 Å². The van der Waals surface area contributed by atoms with E-state index in [0.717, 1.165) is 29.2 Å². The number of ether oxygens (including phenoxy) is 1. The van der Waals surface area contributed by atoms with Crippen molar-refractivity contribution in [1.82, 2.24) is 15.0 Å². The first-order valence-corrected chi connectivity index (χ1v) is 11.5.